The zero-order valence-corrected chi connectivity index (χ0v) is 17.3. The maximum atomic E-state index is 13.1. The van der Waals surface area contributed by atoms with E-state index >= 15 is 0 Å². The maximum Gasteiger partial charge on any atom is 0.417 e. The Morgan fingerprint density at radius 1 is 0.903 bits per heavy atom. The third-order valence-corrected chi connectivity index (χ3v) is 7.10. The van der Waals surface area contributed by atoms with Crippen molar-refractivity contribution in [2.45, 2.75) is 43.2 Å². The number of rotatable bonds is 3. The highest BCUT2D eigenvalue weighted by Crippen LogP contribution is 2.34. The Morgan fingerprint density at radius 2 is 1.48 bits per heavy atom. The van der Waals surface area contributed by atoms with Crippen molar-refractivity contribution in [3.8, 4) is 0 Å². The highest BCUT2D eigenvalue weighted by molar-refractivity contribution is 7.89. The van der Waals surface area contributed by atoms with Crippen LogP contribution in [0, 0.1) is 0 Å². The topological polar surface area (TPSA) is 53.5 Å². The predicted octanol–water partition coefficient (Wildman–Crippen LogP) is 4.41. The normalized spacial score (nSPS) is 21.4. The predicted molar refractivity (Wildman–Crippen MR) is 101 cm³/mol. The van der Waals surface area contributed by atoms with Gasteiger partial charge in [0.25, 0.3) is 0 Å². The largest absolute Gasteiger partial charge is 0.417 e. The molecule has 2 heterocycles. The molecule has 0 bridgehead atoms. The second-order valence-electron chi connectivity index (χ2n) is 7.37. The van der Waals surface area contributed by atoms with Crippen LogP contribution in [0.2, 0.25) is 0 Å². The summed E-state index contributed by atoms with van der Waals surface area (Å²) in [5, 5.41) is 0. The molecule has 31 heavy (non-hydrogen) atoms. The van der Waals surface area contributed by atoms with E-state index in [1.807, 2.05) is 0 Å². The monoisotopic (exact) mass is 467 g/mol. The lowest BCUT2D eigenvalue weighted by molar-refractivity contribution is -0.138. The number of aromatic nitrogens is 1. The van der Waals surface area contributed by atoms with Crippen LogP contribution in [0.4, 0.5) is 32.2 Å². The number of hydrogen-bond donors (Lipinski definition) is 0. The van der Waals surface area contributed by atoms with Gasteiger partial charge in [-0.15, -0.1) is 0 Å². The molecule has 0 amide bonds. The number of hydrogen-bond acceptors (Lipinski definition) is 4. The van der Waals surface area contributed by atoms with Gasteiger partial charge in [0.1, 0.15) is 5.82 Å². The van der Waals surface area contributed by atoms with Crippen molar-refractivity contribution in [2.24, 2.45) is 0 Å². The zero-order chi connectivity index (χ0) is 23.2. The van der Waals surface area contributed by atoms with E-state index in [1.165, 1.54) is 6.07 Å². The molecule has 0 radical (unpaired) electrons. The van der Waals surface area contributed by atoms with Crippen molar-refractivity contribution >= 4 is 15.8 Å². The van der Waals surface area contributed by atoms with Crippen molar-refractivity contribution in [2.75, 3.05) is 18.0 Å². The van der Waals surface area contributed by atoms with E-state index in [1.54, 1.807) is 18.7 Å². The molecule has 0 N–H and O–H groups in total. The van der Waals surface area contributed by atoms with Gasteiger partial charge in [0.15, 0.2) is 0 Å². The van der Waals surface area contributed by atoms with E-state index in [0.717, 1.165) is 28.6 Å². The van der Waals surface area contributed by atoms with E-state index in [4.69, 9.17) is 0 Å². The Labute approximate surface area is 175 Å². The second-order valence-corrected chi connectivity index (χ2v) is 9.21. The molecule has 0 aliphatic carbocycles. The van der Waals surface area contributed by atoms with Gasteiger partial charge in [-0.2, -0.15) is 30.6 Å². The first kappa shape index (κ1) is 23.3. The van der Waals surface area contributed by atoms with Gasteiger partial charge < -0.3 is 4.90 Å². The molecule has 170 valence electrons. The molecule has 1 saturated heterocycles. The first-order valence-electron chi connectivity index (χ1n) is 9.20. The van der Waals surface area contributed by atoms with Gasteiger partial charge in [0.2, 0.25) is 10.0 Å². The number of sulfonamides is 1. The van der Waals surface area contributed by atoms with Crippen LogP contribution in [0.15, 0.2) is 47.5 Å². The standard InChI is InChI=1S/C19H19F6N3O2S/c1-12-10-27(17-7-6-15(9-26-17)19(23,24)25)11-13(2)28(12)31(29,30)16-5-3-4-14(8-16)18(20,21)22/h3-9,12-13H,10-11H2,1-2H3. The average Bonchev–Trinajstić information content (AvgIpc) is 2.66. The summed E-state index contributed by atoms with van der Waals surface area (Å²) >= 11 is 0. The molecule has 12 heteroatoms. The molecule has 1 aliphatic rings. The molecule has 3 rings (SSSR count). The van der Waals surface area contributed by atoms with Gasteiger partial charge >= 0.3 is 12.4 Å². The van der Waals surface area contributed by atoms with Gasteiger partial charge in [0, 0.05) is 31.4 Å². The number of alkyl halides is 6. The molecule has 2 unspecified atom stereocenters. The lowest BCUT2D eigenvalue weighted by Gasteiger charge is -2.43. The van der Waals surface area contributed by atoms with E-state index in [-0.39, 0.29) is 18.9 Å². The van der Waals surface area contributed by atoms with Crippen LogP contribution in [0.25, 0.3) is 0 Å². The van der Waals surface area contributed by atoms with Crippen LogP contribution < -0.4 is 4.90 Å². The first-order valence-corrected chi connectivity index (χ1v) is 10.6. The van der Waals surface area contributed by atoms with Crippen LogP contribution in [0.1, 0.15) is 25.0 Å². The summed E-state index contributed by atoms with van der Waals surface area (Å²) in [4.78, 5) is 5.01. The number of pyridine rings is 1. The van der Waals surface area contributed by atoms with Gasteiger partial charge in [-0.1, -0.05) is 6.07 Å². The molecule has 2 aromatic rings. The summed E-state index contributed by atoms with van der Waals surface area (Å²) in [6, 6.07) is 4.31. The van der Waals surface area contributed by atoms with E-state index < -0.39 is 50.5 Å². The van der Waals surface area contributed by atoms with Gasteiger partial charge in [-0.25, -0.2) is 13.4 Å². The molecule has 2 atom stereocenters. The van der Waals surface area contributed by atoms with E-state index in [2.05, 4.69) is 4.98 Å². The van der Waals surface area contributed by atoms with Crippen molar-refractivity contribution < 1.29 is 34.8 Å². The Balaban J connectivity index is 1.85. The first-order chi connectivity index (χ1) is 14.2. The number of nitrogens with zero attached hydrogens (tertiary/aromatic N) is 3. The lowest BCUT2D eigenvalue weighted by atomic mass is 10.1. The summed E-state index contributed by atoms with van der Waals surface area (Å²) in [5.41, 5.74) is -1.97. The highest BCUT2D eigenvalue weighted by Gasteiger charge is 2.40. The summed E-state index contributed by atoms with van der Waals surface area (Å²) in [5.74, 6) is 0.253. The number of anilines is 1. The fraction of sp³-hybridized carbons (Fsp3) is 0.421. The summed E-state index contributed by atoms with van der Waals surface area (Å²) < 4.78 is 105. The smallest absolute Gasteiger partial charge is 0.353 e. The summed E-state index contributed by atoms with van der Waals surface area (Å²) in [6.07, 6.45) is -8.50. The molecule has 0 spiro atoms. The molecule has 0 saturated carbocycles. The lowest BCUT2D eigenvalue weighted by Crippen LogP contribution is -2.58. The Bertz CT molecular complexity index is 1030. The fourth-order valence-corrected chi connectivity index (χ4v) is 5.51. The Kier molecular flexibility index (Phi) is 6.00. The molecule has 1 aromatic carbocycles. The maximum absolute atomic E-state index is 13.1. The van der Waals surface area contributed by atoms with Gasteiger partial charge in [0.05, 0.1) is 16.0 Å². The highest BCUT2D eigenvalue weighted by atomic mass is 32.2. The molecular weight excluding hydrogens is 448 g/mol. The third kappa shape index (κ3) is 4.79. The number of benzene rings is 1. The molecular formula is C19H19F6N3O2S. The third-order valence-electron chi connectivity index (χ3n) is 4.97. The number of piperazine rings is 1. The zero-order valence-electron chi connectivity index (χ0n) is 16.4. The van der Waals surface area contributed by atoms with E-state index in [9.17, 15) is 34.8 Å². The van der Waals surface area contributed by atoms with Crippen molar-refractivity contribution in [1.29, 1.82) is 0 Å². The minimum Gasteiger partial charge on any atom is -0.353 e. The summed E-state index contributed by atoms with van der Waals surface area (Å²) in [6.45, 7) is 3.39. The fourth-order valence-electron chi connectivity index (χ4n) is 3.66. The molecule has 5 nitrogen and oxygen atoms in total. The number of halogens is 6. The molecule has 1 fully saturated rings. The van der Waals surface area contributed by atoms with Gasteiger partial charge in [-0.05, 0) is 44.2 Å². The second kappa shape index (κ2) is 7.97. The van der Waals surface area contributed by atoms with Crippen molar-refractivity contribution in [3.05, 3.63) is 53.7 Å². The van der Waals surface area contributed by atoms with Crippen LogP contribution in [0.5, 0.6) is 0 Å². The van der Waals surface area contributed by atoms with Crippen LogP contribution in [0.3, 0.4) is 0 Å². The van der Waals surface area contributed by atoms with Crippen LogP contribution in [-0.4, -0.2) is 42.9 Å². The van der Waals surface area contributed by atoms with Crippen molar-refractivity contribution in [1.82, 2.24) is 9.29 Å². The van der Waals surface area contributed by atoms with Gasteiger partial charge in [-0.3, -0.25) is 0 Å². The van der Waals surface area contributed by atoms with Crippen LogP contribution in [-0.2, 0) is 22.4 Å². The minimum absolute atomic E-state index is 0.112. The quantitative estimate of drug-likeness (QED) is 0.628. The van der Waals surface area contributed by atoms with Crippen molar-refractivity contribution in [3.63, 3.8) is 0 Å². The average molecular weight is 467 g/mol. The van der Waals surface area contributed by atoms with E-state index in [0.29, 0.717) is 12.3 Å². The van der Waals surface area contributed by atoms with Crippen LogP contribution >= 0.6 is 0 Å². The summed E-state index contributed by atoms with van der Waals surface area (Å²) in [7, 11) is -4.24. The SMILES string of the molecule is CC1CN(c2ccc(C(F)(F)F)cn2)CC(C)N1S(=O)(=O)c1cccc(C(F)(F)F)c1. The minimum atomic E-state index is -4.68. The molecule has 1 aliphatic heterocycles. The Morgan fingerprint density at radius 3 is 1.97 bits per heavy atom. The molecule has 1 aromatic heterocycles. The Hall–Kier alpha value is -2.34.